The second kappa shape index (κ2) is 7.36. The number of nitro groups is 1. The van der Waals surface area contributed by atoms with Crippen LogP contribution in [0, 0.1) is 17.0 Å². The Morgan fingerprint density at radius 1 is 1.07 bits per heavy atom. The fraction of sp³-hybridized carbons (Fsp3) is 0.100. The van der Waals surface area contributed by atoms with Crippen molar-refractivity contribution in [2.45, 2.75) is 13.5 Å². The van der Waals surface area contributed by atoms with Crippen molar-refractivity contribution in [2.24, 2.45) is 10.2 Å². The van der Waals surface area contributed by atoms with E-state index in [4.69, 9.17) is 0 Å². The first-order chi connectivity index (χ1) is 13.6. The minimum Gasteiger partial charge on any atom is -0.258 e. The second-order valence-electron chi connectivity index (χ2n) is 6.15. The summed E-state index contributed by atoms with van der Waals surface area (Å²) >= 11 is 0. The maximum atomic E-state index is 11.1. The van der Waals surface area contributed by atoms with Crippen molar-refractivity contribution in [3.8, 4) is 5.69 Å². The van der Waals surface area contributed by atoms with Crippen LogP contribution in [0.25, 0.3) is 16.7 Å². The van der Waals surface area contributed by atoms with Crippen molar-refractivity contribution in [1.29, 1.82) is 0 Å². The molecule has 28 heavy (non-hydrogen) atoms. The van der Waals surface area contributed by atoms with Crippen LogP contribution in [-0.4, -0.2) is 19.7 Å². The molecule has 0 aliphatic heterocycles. The molecule has 0 bridgehead atoms. The predicted octanol–water partition coefficient (Wildman–Crippen LogP) is 4.92. The van der Waals surface area contributed by atoms with Gasteiger partial charge in [0.25, 0.3) is 5.69 Å². The van der Waals surface area contributed by atoms with E-state index in [0.29, 0.717) is 16.9 Å². The van der Waals surface area contributed by atoms with Crippen LogP contribution in [0.5, 0.6) is 0 Å². The quantitative estimate of drug-likeness (QED) is 0.282. The lowest BCUT2D eigenvalue weighted by atomic mass is 10.2. The molecule has 0 radical (unpaired) electrons. The summed E-state index contributed by atoms with van der Waals surface area (Å²) in [6.45, 7) is 2.01. The first-order valence-electron chi connectivity index (χ1n) is 8.64. The van der Waals surface area contributed by atoms with Crippen LogP contribution in [-0.2, 0) is 6.54 Å². The molecular weight excluding hydrogens is 356 g/mol. The number of aryl methyl sites for hydroxylation is 1. The third-order valence-corrected chi connectivity index (χ3v) is 4.33. The molecule has 0 aliphatic rings. The Hall–Kier alpha value is -3.94. The molecule has 4 rings (SSSR count). The smallest absolute Gasteiger partial charge is 0.258 e. The maximum absolute atomic E-state index is 11.1. The lowest BCUT2D eigenvalue weighted by Gasteiger charge is -2.02. The Bertz CT molecular complexity index is 1180. The van der Waals surface area contributed by atoms with E-state index in [-0.39, 0.29) is 12.2 Å². The Balaban J connectivity index is 1.70. The summed E-state index contributed by atoms with van der Waals surface area (Å²) in [6, 6.07) is 18.0. The number of rotatable bonds is 5. The van der Waals surface area contributed by atoms with Crippen molar-refractivity contribution in [3.05, 3.63) is 88.2 Å². The van der Waals surface area contributed by atoms with Crippen LogP contribution in [0.3, 0.4) is 0 Å². The van der Waals surface area contributed by atoms with Gasteiger partial charge in [-0.1, -0.05) is 36.4 Å². The Morgan fingerprint density at radius 2 is 1.82 bits per heavy atom. The topological polar surface area (TPSA) is 98.6 Å². The third-order valence-electron chi connectivity index (χ3n) is 4.33. The van der Waals surface area contributed by atoms with Crippen LogP contribution in [0.4, 0.5) is 11.4 Å². The molecule has 0 saturated carbocycles. The largest absolute Gasteiger partial charge is 0.274 e. The lowest BCUT2D eigenvalue weighted by Crippen LogP contribution is -1.97. The number of hydrogen-bond acceptors (Lipinski definition) is 6. The zero-order valence-corrected chi connectivity index (χ0v) is 15.1. The molecule has 0 atom stereocenters. The third kappa shape index (κ3) is 3.23. The molecule has 2 heterocycles. The van der Waals surface area contributed by atoms with E-state index in [0.717, 1.165) is 16.8 Å². The van der Waals surface area contributed by atoms with Crippen molar-refractivity contribution in [1.82, 2.24) is 14.8 Å². The van der Waals surface area contributed by atoms with Crippen molar-refractivity contribution in [2.75, 3.05) is 0 Å². The molecule has 0 aliphatic carbocycles. The minimum atomic E-state index is -0.413. The number of nitrogens with zero attached hydrogens (tertiary/aromatic N) is 6. The molecule has 0 saturated heterocycles. The minimum absolute atomic E-state index is 0.0365. The molecule has 0 fully saturated rings. The van der Waals surface area contributed by atoms with Gasteiger partial charge in [0.15, 0.2) is 5.65 Å². The van der Waals surface area contributed by atoms with Gasteiger partial charge in [0.2, 0.25) is 0 Å². The highest BCUT2D eigenvalue weighted by Gasteiger charge is 2.14. The molecule has 8 heteroatoms. The summed E-state index contributed by atoms with van der Waals surface area (Å²) in [7, 11) is 0. The molecular formula is C20H16N6O2. The van der Waals surface area contributed by atoms with Crippen molar-refractivity contribution >= 4 is 22.4 Å². The molecule has 8 nitrogen and oxygen atoms in total. The van der Waals surface area contributed by atoms with Gasteiger partial charge in [-0.3, -0.25) is 10.1 Å². The number of para-hydroxylation sites is 2. The highest BCUT2D eigenvalue weighted by molar-refractivity contribution is 5.90. The highest BCUT2D eigenvalue weighted by atomic mass is 16.6. The average molecular weight is 372 g/mol. The normalized spacial score (nSPS) is 11.3. The first kappa shape index (κ1) is 17.5. The number of benzene rings is 2. The number of fused-ring (bicyclic) bond motifs is 1. The standard InChI is InChI=1S/C20H16N6O2/c1-14-19-17(23-22-13-15-7-5-6-10-18(15)26(27)28)11-12-21-20(19)25(24-14)16-8-3-2-4-9-16/h2-12H,13H2,1H3. The molecule has 2 aromatic carbocycles. The number of hydrogen-bond donors (Lipinski definition) is 0. The van der Waals surface area contributed by atoms with E-state index in [9.17, 15) is 10.1 Å². The van der Waals surface area contributed by atoms with Crippen LogP contribution < -0.4 is 0 Å². The summed E-state index contributed by atoms with van der Waals surface area (Å²) in [5.74, 6) is 0. The molecule has 4 aromatic rings. The summed E-state index contributed by atoms with van der Waals surface area (Å²) in [4.78, 5) is 15.2. The SMILES string of the molecule is Cc1nn(-c2ccccc2)c2nccc(N=NCc3ccccc3[N+](=O)[O-])c12. The zero-order valence-electron chi connectivity index (χ0n) is 15.1. The summed E-state index contributed by atoms with van der Waals surface area (Å²) in [6.07, 6.45) is 1.65. The zero-order chi connectivity index (χ0) is 19.5. The first-order valence-corrected chi connectivity index (χ1v) is 8.64. The molecule has 2 aromatic heterocycles. The molecule has 0 N–H and O–H groups in total. The van der Waals surface area contributed by atoms with Gasteiger partial charge < -0.3 is 0 Å². The Kier molecular flexibility index (Phi) is 4.59. The van der Waals surface area contributed by atoms with Crippen LogP contribution in [0.15, 0.2) is 77.1 Å². The number of nitro benzene ring substituents is 1. The van der Waals surface area contributed by atoms with Crippen molar-refractivity contribution < 1.29 is 4.92 Å². The van der Waals surface area contributed by atoms with E-state index in [1.807, 2.05) is 37.3 Å². The maximum Gasteiger partial charge on any atom is 0.274 e. The van der Waals surface area contributed by atoms with E-state index in [1.54, 1.807) is 35.1 Å². The van der Waals surface area contributed by atoms with Gasteiger partial charge in [-0.15, -0.1) is 0 Å². The van der Waals surface area contributed by atoms with Crippen LogP contribution in [0.1, 0.15) is 11.3 Å². The molecule has 0 unspecified atom stereocenters. The molecule has 0 amide bonds. The van der Waals surface area contributed by atoms with Gasteiger partial charge in [-0.2, -0.15) is 15.3 Å². The number of azo groups is 1. The van der Waals surface area contributed by atoms with Crippen LogP contribution in [0.2, 0.25) is 0 Å². The van der Waals surface area contributed by atoms with E-state index < -0.39 is 4.92 Å². The number of aromatic nitrogens is 3. The van der Waals surface area contributed by atoms with E-state index in [1.165, 1.54) is 6.07 Å². The summed E-state index contributed by atoms with van der Waals surface area (Å²) < 4.78 is 1.77. The van der Waals surface area contributed by atoms with E-state index in [2.05, 4.69) is 20.3 Å². The molecule has 138 valence electrons. The fourth-order valence-corrected chi connectivity index (χ4v) is 3.04. The van der Waals surface area contributed by atoms with Gasteiger partial charge >= 0.3 is 0 Å². The lowest BCUT2D eigenvalue weighted by molar-refractivity contribution is -0.385. The summed E-state index contributed by atoms with van der Waals surface area (Å²) in [5, 5.41) is 25.0. The van der Waals surface area contributed by atoms with Gasteiger partial charge in [0.05, 0.1) is 39.5 Å². The van der Waals surface area contributed by atoms with Gasteiger partial charge in [0, 0.05) is 12.3 Å². The Labute approximate surface area is 160 Å². The second-order valence-corrected chi connectivity index (χ2v) is 6.15. The van der Waals surface area contributed by atoms with Gasteiger partial charge in [-0.05, 0) is 25.1 Å². The van der Waals surface area contributed by atoms with E-state index >= 15 is 0 Å². The number of pyridine rings is 1. The highest BCUT2D eigenvalue weighted by Crippen LogP contribution is 2.29. The van der Waals surface area contributed by atoms with Gasteiger partial charge in [0.1, 0.15) is 0 Å². The fourth-order valence-electron chi connectivity index (χ4n) is 3.04. The predicted molar refractivity (Wildman–Crippen MR) is 105 cm³/mol. The average Bonchev–Trinajstić information content (AvgIpc) is 3.06. The summed E-state index contributed by atoms with van der Waals surface area (Å²) in [5.41, 5.74) is 3.55. The molecule has 0 spiro atoms. The van der Waals surface area contributed by atoms with Crippen LogP contribution >= 0.6 is 0 Å². The monoisotopic (exact) mass is 372 g/mol. The van der Waals surface area contributed by atoms with Gasteiger partial charge in [-0.25, -0.2) is 9.67 Å². The van der Waals surface area contributed by atoms with Crippen molar-refractivity contribution in [3.63, 3.8) is 0 Å². The Morgan fingerprint density at radius 3 is 2.61 bits per heavy atom.